The Morgan fingerprint density at radius 1 is 1.61 bits per heavy atom. The third kappa shape index (κ3) is 3.49. The molecule has 0 bridgehead atoms. The van der Waals surface area contributed by atoms with Gasteiger partial charge in [-0.2, -0.15) is 13.5 Å². The van der Waals surface area contributed by atoms with Gasteiger partial charge in [0, 0.05) is 0 Å². The molecule has 0 aliphatic heterocycles. The molecule has 2 rings (SSSR count). The molecule has 98 valence electrons. The van der Waals surface area contributed by atoms with Crippen LogP contribution in [0.15, 0.2) is 36.5 Å². The zero-order valence-corrected chi connectivity index (χ0v) is 10.7. The lowest BCUT2D eigenvalue weighted by molar-refractivity contribution is 0.151. The van der Waals surface area contributed by atoms with Gasteiger partial charge in [0.2, 0.25) is 0 Å². The fraction of sp³-hybridized carbons (Fsp3) is 0.400. The lowest BCUT2D eigenvalue weighted by atomic mass is 9.94. The molecule has 1 aromatic rings. The third-order valence-electron chi connectivity index (χ3n) is 2.54. The van der Waals surface area contributed by atoms with Crippen molar-refractivity contribution in [3.8, 4) is 0 Å². The Bertz CT molecular complexity index is 576. The van der Waals surface area contributed by atoms with E-state index in [0.717, 1.165) is 5.57 Å². The van der Waals surface area contributed by atoms with Crippen LogP contribution in [0.2, 0.25) is 0 Å². The van der Waals surface area contributed by atoms with Crippen molar-refractivity contribution in [2.45, 2.75) is 25.5 Å². The number of rotatable bonds is 4. The molecule has 0 amide bonds. The molecule has 8 heteroatoms. The minimum Gasteiger partial charge on any atom is -0.249 e. The van der Waals surface area contributed by atoms with Crippen LogP contribution in [0.25, 0.3) is 0 Å². The first-order chi connectivity index (χ1) is 8.36. The molecule has 18 heavy (non-hydrogen) atoms. The van der Waals surface area contributed by atoms with Gasteiger partial charge >= 0.3 is 10.3 Å². The van der Waals surface area contributed by atoms with Gasteiger partial charge in [-0.05, 0) is 18.9 Å². The monoisotopic (exact) mass is 270 g/mol. The summed E-state index contributed by atoms with van der Waals surface area (Å²) in [5.74, 6) is 0. The molecule has 0 saturated carbocycles. The summed E-state index contributed by atoms with van der Waals surface area (Å²) < 4.78 is 28.4. The molecule has 1 aliphatic rings. The van der Waals surface area contributed by atoms with Crippen LogP contribution in [0, 0.1) is 0 Å². The van der Waals surface area contributed by atoms with Crippen molar-refractivity contribution < 1.29 is 12.6 Å². The van der Waals surface area contributed by atoms with E-state index in [9.17, 15) is 8.42 Å². The zero-order valence-electron chi connectivity index (χ0n) is 9.85. The second-order valence-electron chi connectivity index (χ2n) is 4.30. The molecule has 0 radical (unpaired) electrons. The van der Waals surface area contributed by atoms with Gasteiger partial charge in [0.15, 0.2) is 0 Å². The molecule has 0 spiro atoms. The second-order valence-corrected chi connectivity index (χ2v) is 5.45. The molecule has 1 unspecified atom stereocenters. The van der Waals surface area contributed by atoms with Gasteiger partial charge in [0.05, 0.1) is 6.54 Å². The van der Waals surface area contributed by atoms with Crippen LogP contribution in [0.3, 0.4) is 0 Å². The van der Waals surface area contributed by atoms with Crippen molar-refractivity contribution >= 4 is 10.3 Å². The highest BCUT2D eigenvalue weighted by atomic mass is 32.2. The molecule has 0 aromatic carbocycles. The summed E-state index contributed by atoms with van der Waals surface area (Å²) >= 11 is 0. The summed E-state index contributed by atoms with van der Waals surface area (Å²) in [6, 6.07) is 0. The quantitative estimate of drug-likeness (QED) is 0.839. The maximum atomic E-state index is 10.9. The fourth-order valence-electron chi connectivity index (χ4n) is 1.70. The van der Waals surface area contributed by atoms with E-state index in [1.165, 1.54) is 6.33 Å². The summed E-state index contributed by atoms with van der Waals surface area (Å²) in [5, 5.41) is 8.86. The van der Waals surface area contributed by atoms with Gasteiger partial charge in [0.1, 0.15) is 18.3 Å². The molecule has 7 nitrogen and oxygen atoms in total. The molecular formula is C10H14N4O3S. The number of allylic oxidation sites excluding steroid dienone is 2. The van der Waals surface area contributed by atoms with E-state index >= 15 is 0 Å². The summed E-state index contributed by atoms with van der Waals surface area (Å²) in [6.45, 7) is 2.25. The van der Waals surface area contributed by atoms with Gasteiger partial charge in [-0.3, -0.25) is 0 Å². The van der Waals surface area contributed by atoms with Crippen LogP contribution >= 0.6 is 0 Å². The van der Waals surface area contributed by atoms with Gasteiger partial charge in [-0.15, -0.1) is 0 Å². The van der Waals surface area contributed by atoms with E-state index in [1.807, 2.05) is 6.08 Å². The Morgan fingerprint density at radius 2 is 2.39 bits per heavy atom. The van der Waals surface area contributed by atoms with E-state index in [2.05, 4.69) is 10.1 Å². The minimum atomic E-state index is -3.96. The fourth-order valence-corrected chi connectivity index (χ4v) is 2.35. The highest BCUT2D eigenvalue weighted by Gasteiger charge is 2.28. The van der Waals surface area contributed by atoms with Crippen molar-refractivity contribution in [2.24, 2.45) is 5.14 Å². The van der Waals surface area contributed by atoms with E-state index < -0.39 is 15.9 Å². The zero-order chi connectivity index (χ0) is 13.2. The van der Waals surface area contributed by atoms with Crippen molar-refractivity contribution in [3.05, 3.63) is 36.5 Å². The van der Waals surface area contributed by atoms with Crippen LogP contribution in [-0.4, -0.2) is 28.8 Å². The average Bonchev–Trinajstić information content (AvgIpc) is 2.72. The average molecular weight is 270 g/mol. The second kappa shape index (κ2) is 4.63. The number of hydrogen-bond donors (Lipinski definition) is 1. The highest BCUT2D eigenvalue weighted by molar-refractivity contribution is 7.84. The molecule has 1 aliphatic carbocycles. The Balaban J connectivity index is 2.02. The lowest BCUT2D eigenvalue weighted by Gasteiger charge is -2.26. The van der Waals surface area contributed by atoms with E-state index in [0.29, 0.717) is 13.0 Å². The summed E-state index contributed by atoms with van der Waals surface area (Å²) in [5.41, 5.74) is 0.0930. The molecule has 0 saturated heterocycles. The molecule has 2 N–H and O–H groups in total. The predicted molar refractivity (Wildman–Crippen MR) is 64.5 cm³/mol. The number of hydrogen-bond acceptors (Lipinski definition) is 5. The summed E-state index contributed by atoms with van der Waals surface area (Å²) in [6.07, 6.45) is 8.89. The largest absolute Gasteiger partial charge is 0.334 e. The van der Waals surface area contributed by atoms with Crippen LogP contribution < -0.4 is 5.14 Å². The van der Waals surface area contributed by atoms with Crippen molar-refractivity contribution in [1.29, 1.82) is 0 Å². The topological polar surface area (TPSA) is 100 Å². The number of nitrogens with zero attached hydrogens (tertiary/aromatic N) is 3. The first-order valence-corrected chi connectivity index (χ1v) is 6.77. The first-order valence-electron chi connectivity index (χ1n) is 5.30. The van der Waals surface area contributed by atoms with Crippen LogP contribution in [-0.2, 0) is 21.0 Å². The predicted octanol–water partition coefficient (Wildman–Crippen LogP) is 0.143. The van der Waals surface area contributed by atoms with E-state index in [1.54, 1.807) is 30.1 Å². The normalized spacial score (nSPS) is 24.0. The standard InChI is InChI=1S/C10H14N4O3S/c1-10(17-18(11,15)16)4-2-9(3-5-10)6-14-8-12-7-13-14/h2-4,7-8H,5-6H2,1H3,(H2,11,15,16). The van der Waals surface area contributed by atoms with E-state index in [4.69, 9.17) is 9.32 Å². The Morgan fingerprint density at radius 3 is 2.89 bits per heavy atom. The Hall–Kier alpha value is -1.51. The molecule has 1 atom stereocenters. The van der Waals surface area contributed by atoms with Crippen LogP contribution in [0.1, 0.15) is 13.3 Å². The van der Waals surface area contributed by atoms with Crippen molar-refractivity contribution in [3.63, 3.8) is 0 Å². The Kier molecular flexibility index (Phi) is 3.33. The summed E-state index contributed by atoms with van der Waals surface area (Å²) in [4.78, 5) is 3.84. The maximum Gasteiger partial charge on any atom is 0.334 e. The molecular weight excluding hydrogens is 256 g/mol. The van der Waals surface area contributed by atoms with Gasteiger partial charge in [-0.25, -0.2) is 19.0 Å². The van der Waals surface area contributed by atoms with Gasteiger partial charge < -0.3 is 0 Å². The smallest absolute Gasteiger partial charge is 0.249 e. The van der Waals surface area contributed by atoms with Crippen LogP contribution in [0.5, 0.6) is 0 Å². The number of nitrogens with two attached hydrogens (primary N) is 1. The first kappa shape index (κ1) is 12.9. The molecule has 1 heterocycles. The summed E-state index contributed by atoms with van der Waals surface area (Å²) in [7, 11) is -3.96. The number of aromatic nitrogens is 3. The van der Waals surface area contributed by atoms with Crippen LogP contribution in [0.4, 0.5) is 0 Å². The Labute approximate surface area is 105 Å². The van der Waals surface area contributed by atoms with E-state index in [-0.39, 0.29) is 0 Å². The van der Waals surface area contributed by atoms with Crippen molar-refractivity contribution in [1.82, 2.24) is 14.8 Å². The third-order valence-corrected chi connectivity index (χ3v) is 3.15. The minimum absolute atomic E-state index is 0.434. The van der Waals surface area contributed by atoms with Crippen molar-refractivity contribution in [2.75, 3.05) is 0 Å². The maximum absolute atomic E-state index is 10.9. The molecule has 1 aromatic heterocycles. The van der Waals surface area contributed by atoms with Gasteiger partial charge in [-0.1, -0.05) is 18.2 Å². The molecule has 0 fully saturated rings. The SMILES string of the molecule is CC1(OS(N)(=O)=O)C=CC(Cn2cncn2)=CC1. The van der Waals surface area contributed by atoms with Gasteiger partial charge in [0.25, 0.3) is 0 Å². The lowest BCUT2D eigenvalue weighted by Crippen LogP contribution is -2.33. The highest BCUT2D eigenvalue weighted by Crippen LogP contribution is 2.26.